The molecule has 1 aliphatic heterocycles. The van der Waals surface area contributed by atoms with Crippen molar-refractivity contribution in [3.63, 3.8) is 0 Å². The summed E-state index contributed by atoms with van der Waals surface area (Å²) in [7, 11) is 1.62. The number of methoxy groups -OCH3 is 1. The van der Waals surface area contributed by atoms with Crippen LogP contribution < -0.4 is 10.1 Å². The van der Waals surface area contributed by atoms with E-state index in [2.05, 4.69) is 19.2 Å². The third-order valence-electron chi connectivity index (χ3n) is 4.38. The number of nitrogens with zero attached hydrogens (tertiary/aromatic N) is 1. The van der Waals surface area contributed by atoms with Crippen molar-refractivity contribution in [3.05, 3.63) is 29.8 Å². The Hall–Kier alpha value is -1.79. The fourth-order valence-corrected chi connectivity index (χ4v) is 3.24. The number of urea groups is 1. The van der Waals surface area contributed by atoms with Crippen LogP contribution in [0.1, 0.15) is 38.3 Å². The number of hydrogen-bond donors (Lipinski definition) is 3. The Morgan fingerprint density at radius 1 is 1.42 bits per heavy atom. The lowest BCUT2D eigenvalue weighted by atomic mass is 9.96. The van der Waals surface area contributed by atoms with E-state index in [9.17, 15) is 15.0 Å². The quantitative estimate of drug-likeness (QED) is 0.741. The number of carbonyl (C=O) groups excluding carboxylic acids is 1. The molecule has 0 aliphatic carbocycles. The molecule has 3 atom stereocenters. The number of rotatable bonds is 6. The molecule has 0 radical (unpaired) electrons. The van der Waals surface area contributed by atoms with E-state index in [0.717, 1.165) is 17.7 Å². The van der Waals surface area contributed by atoms with Crippen LogP contribution in [0, 0.1) is 5.92 Å². The van der Waals surface area contributed by atoms with Crippen LogP contribution in [-0.2, 0) is 0 Å². The Morgan fingerprint density at radius 2 is 2.12 bits per heavy atom. The normalized spacial score (nSPS) is 21.8. The summed E-state index contributed by atoms with van der Waals surface area (Å²) in [6, 6.07) is 6.87. The van der Waals surface area contributed by atoms with Gasteiger partial charge in [-0.3, -0.25) is 0 Å². The number of carbonyl (C=O) groups is 1. The summed E-state index contributed by atoms with van der Waals surface area (Å²) in [5, 5.41) is 22.3. The maximum atomic E-state index is 12.7. The van der Waals surface area contributed by atoms with E-state index in [1.165, 1.54) is 4.90 Å². The van der Waals surface area contributed by atoms with Gasteiger partial charge in [0.05, 0.1) is 31.9 Å². The Morgan fingerprint density at radius 3 is 2.75 bits per heavy atom. The van der Waals surface area contributed by atoms with Crippen LogP contribution >= 0.6 is 0 Å². The molecule has 1 aromatic rings. The van der Waals surface area contributed by atoms with Gasteiger partial charge in [-0.05, 0) is 24.8 Å². The molecular weight excluding hydrogens is 308 g/mol. The fraction of sp³-hybridized carbons (Fsp3) is 0.611. The first-order valence-corrected chi connectivity index (χ1v) is 8.45. The smallest absolute Gasteiger partial charge is 0.318 e. The highest BCUT2D eigenvalue weighted by Crippen LogP contribution is 2.30. The lowest BCUT2D eigenvalue weighted by Gasteiger charge is -2.28. The van der Waals surface area contributed by atoms with Gasteiger partial charge in [-0.15, -0.1) is 0 Å². The van der Waals surface area contributed by atoms with Crippen molar-refractivity contribution in [1.29, 1.82) is 0 Å². The lowest BCUT2D eigenvalue weighted by Crippen LogP contribution is -2.46. The molecule has 1 unspecified atom stereocenters. The predicted molar refractivity (Wildman–Crippen MR) is 91.9 cm³/mol. The highest BCUT2D eigenvalue weighted by molar-refractivity contribution is 5.75. The van der Waals surface area contributed by atoms with Gasteiger partial charge in [-0.25, -0.2) is 4.79 Å². The van der Waals surface area contributed by atoms with Gasteiger partial charge in [0, 0.05) is 12.1 Å². The molecule has 2 rings (SSSR count). The Kier molecular flexibility index (Phi) is 6.45. The number of para-hydroxylation sites is 1. The molecule has 6 heteroatoms. The van der Waals surface area contributed by atoms with E-state index >= 15 is 0 Å². The molecule has 1 heterocycles. The fourth-order valence-electron chi connectivity index (χ4n) is 3.24. The van der Waals surface area contributed by atoms with Crippen LogP contribution in [0.5, 0.6) is 5.75 Å². The van der Waals surface area contributed by atoms with Gasteiger partial charge >= 0.3 is 6.03 Å². The van der Waals surface area contributed by atoms with Gasteiger partial charge in [0.1, 0.15) is 5.75 Å². The number of hydrogen-bond acceptors (Lipinski definition) is 4. The molecule has 3 N–H and O–H groups in total. The lowest BCUT2D eigenvalue weighted by molar-refractivity contribution is 0.151. The van der Waals surface area contributed by atoms with E-state index in [1.54, 1.807) is 7.11 Å². The zero-order chi connectivity index (χ0) is 17.7. The number of aliphatic hydroxyl groups is 2. The molecule has 1 saturated heterocycles. The number of nitrogens with one attached hydrogen (secondary N) is 1. The molecule has 24 heavy (non-hydrogen) atoms. The third-order valence-corrected chi connectivity index (χ3v) is 4.38. The number of aliphatic hydroxyl groups excluding tert-OH is 2. The van der Waals surface area contributed by atoms with Crippen molar-refractivity contribution < 1.29 is 19.7 Å². The number of ether oxygens (including phenoxy) is 1. The first-order valence-electron chi connectivity index (χ1n) is 8.45. The van der Waals surface area contributed by atoms with Crippen molar-refractivity contribution in [2.75, 3.05) is 20.3 Å². The maximum absolute atomic E-state index is 12.7. The number of amides is 2. The van der Waals surface area contributed by atoms with Crippen LogP contribution in [0.25, 0.3) is 0 Å². The summed E-state index contributed by atoms with van der Waals surface area (Å²) in [4.78, 5) is 14.2. The minimum absolute atomic E-state index is 0.145. The summed E-state index contributed by atoms with van der Waals surface area (Å²) in [6.07, 6.45) is 0.599. The van der Waals surface area contributed by atoms with Gasteiger partial charge in [-0.1, -0.05) is 32.0 Å². The first kappa shape index (κ1) is 18.5. The Bertz CT molecular complexity index is 550. The summed E-state index contributed by atoms with van der Waals surface area (Å²) in [5.74, 6) is 1.13. The number of likely N-dealkylation sites (tertiary alicyclic amines) is 1. The molecular formula is C18H28N2O4. The molecule has 2 amide bonds. The summed E-state index contributed by atoms with van der Waals surface area (Å²) >= 11 is 0. The van der Waals surface area contributed by atoms with E-state index in [1.807, 2.05) is 24.3 Å². The second-order valence-electron chi connectivity index (χ2n) is 6.75. The molecule has 1 fully saturated rings. The third kappa shape index (κ3) is 4.39. The average Bonchev–Trinajstić information content (AvgIpc) is 2.94. The molecule has 6 nitrogen and oxygen atoms in total. The SMILES string of the molecule is COc1ccccc1C(CC(C)C)NC(=O)N1C[C@@H](O)C[C@H]1CO. The Balaban J connectivity index is 2.18. The highest BCUT2D eigenvalue weighted by atomic mass is 16.5. The van der Waals surface area contributed by atoms with E-state index in [-0.39, 0.29) is 31.3 Å². The molecule has 134 valence electrons. The van der Waals surface area contributed by atoms with Crippen molar-refractivity contribution in [2.24, 2.45) is 5.92 Å². The molecule has 1 aromatic carbocycles. The number of benzene rings is 1. The van der Waals surface area contributed by atoms with Crippen molar-refractivity contribution in [1.82, 2.24) is 10.2 Å². The van der Waals surface area contributed by atoms with Crippen LogP contribution in [0.15, 0.2) is 24.3 Å². The molecule has 0 saturated carbocycles. The van der Waals surface area contributed by atoms with Crippen LogP contribution in [0.3, 0.4) is 0 Å². The van der Waals surface area contributed by atoms with Crippen molar-refractivity contribution in [2.45, 2.75) is 44.9 Å². The van der Waals surface area contributed by atoms with Crippen LogP contribution in [0.4, 0.5) is 4.79 Å². The molecule has 0 spiro atoms. The zero-order valence-corrected chi connectivity index (χ0v) is 14.6. The average molecular weight is 336 g/mol. The summed E-state index contributed by atoms with van der Waals surface area (Å²) in [5.41, 5.74) is 0.933. The molecule has 0 aromatic heterocycles. The van der Waals surface area contributed by atoms with E-state index in [0.29, 0.717) is 12.3 Å². The minimum atomic E-state index is -0.581. The Labute approximate surface area is 143 Å². The van der Waals surface area contributed by atoms with Crippen LogP contribution in [0.2, 0.25) is 0 Å². The van der Waals surface area contributed by atoms with Crippen molar-refractivity contribution >= 4 is 6.03 Å². The number of β-amino-alcohol motifs (C(OH)–C–C–N with tert-alkyl or cyclic N) is 1. The van der Waals surface area contributed by atoms with Gasteiger partial charge in [0.2, 0.25) is 0 Å². The highest BCUT2D eigenvalue weighted by Gasteiger charge is 2.35. The van der Waals surface area contributed by atoms with Gasteiger partial charge in [0.25, 0.3) is 0 Å². The standard InChI is InChI=1S/C18H28N2O4/c1-12(2)8-16(15-6-4-5-7-17(15)24-3)19-18(23)20-10-14(22)9-13(20)11-21/h4-7,12-14,16,21-22H,8-11H2,1-3H3,(H,19,23)/t13-,14-,16?/m0/s1. The molecule has 0 bridgehead atoms. The van der Waals surface area contributed by atoms with Gasteiger partial charge < -0.3 is 25.2 Å². The summed E-state index contributed by atoms with van der Waals surface area (Å²) in [6.45, 7) is 4.31. The minimum Gasteiger partial charge on any atom is -0.496 e. The predicted octanol–water partition coefficient (Wildman–Crippen LogP) is 1.92. The first-order chi connectivity index (χ1) is 11.5. The van der Waals surface area contributed by atoms with E-state index in [4.69, 9.17) is 4.74 Å². The monoisotopic (exact) mass is 336 g/mol. The second kappa shape index (κ2) is 8.35. The van der Waals surface area contributed by atoms with Gasteiger partial charge in [-0.2, -0.15) is 0 Å². The van der Waals surface area contributed by atoms with Crippen LogP contribution in [-0.4, -0.2) is 53.6 Å². The van der Waals surface area contributed by atoms with E-state index < -0.39 is 6.10 Å². The van der Waals surface area contributed by atoms with Gasteiger partial charge in [0.15, 0.2) is 0 Å². The van der Waals surface area contributed by atoms with Crippen molar-refractivity contribution in [3.8, 4) is 5.75 Å². The summed E-state index contributed by atoms with van der Waals surface area (Å²) < 4.78 is 5.43. The maximum Gasteiger partial charge on any atom is 0.318 e. The topological polar surface area (TPSA) is 82.0 Å². The zero-order valence-electron chi connectivity index (χ0n) is 14.6. The molecule has 1 aliphatic rings. The second-order valence-corrected chi connectivity index (χ2v) is 6.75. The largest absolute Gasteiger partial charge is 0.496 e.